The fourth-order valence-electron chi connectivity index (χ4n) is 2.50. The molecule has 1 saturated heterocycles. The Morgan fingerprint density at radius 3 is 2.85 bits per heavy atom. The van der Waals surface area contributed by atoms with Crippen LogP contribution in [0.15, 0.2) is 24.3 Å². The highest BCUT2D eigenvalue weighted by Crippen LogP contribution is 2.23. The smallest absolute Gasteiger partial charge is 0.161 e. The van der Waals surface area contributed by atoms with Crippen LogP contribution in [-0.2, 0) is 20.3 Å². The summed E-state index contributed by atoms with van der Waals surface area (Å²) in [5.74, 6) is -0.0391. The Kier molecular flexibility index (Phi) is 5.43. The molecule has 1 aliphatic rings. The van der Waals surface area contributed by atoms with Crippen LogP contribution < -0.4 is 5.32 Å². The van der Waals surface area contributed by atoms with Gasteiger partial charge in [0.15, 0.2) is 9.84 Å². The molecule has 4 nitrogen and oxygen atoms in total. The van der Waals surface area contributed by atoms with Crippen molar-refractivity contribution in [3.63, 3.8) is 0 Å². The summed E-state index contributed by atoms with van der Waals surface area (Å²) in [6.07, 6.45) is 0.722. The molecule has 1 heterocycles. The maximum atomic E-state index is 12.6. The van der Waals surface area contributed by atoms with Gasteiger partial charge in [-0.25, -0.2) is 8.42 Å². The molecule has 0 aromatic heterocycles. The summed E-state index contributed by atoms with van der Waals surface area (Å²) in [6.45, 7) is 3.59. The van der Waals surface area contributed by atoms with Gasteiger partial charge in [0, 0.05) is 17.7 Å². The highest BCUT2D eigenvalue weighted by Gasteiger charge is 2.36. The van der Waals surface area contributed by atoms with E-state index in [9.17, 15) is 8.42 Å². The maximum absolute atomic E-state index is 12.6. The predicted octanol–water partition coefficient (Wildman–Crippen LogP) is 2.02. The fraction of sp³-hybridized carbons (Fsp3) is 0.571. The maximum Gasteiger partial charge on any atom is 0.161 e. The van der Waals surface area contributed by atoms with E-state index in [1.165, 1.54) is 0 Å². The number of benzene rings is 1. The van der Waals surface area contributed by atoms with Crippen LogP contribution in [-0.4, -0.2) is 39.5 Å². The molecule has 112 valence electrons. The molecule has 1 fully saturated rings. The molecule has 1 aromatic carbocycles. The van der Waals surface area contributed by atoms with Crippen LogP contribution in [0.2, 0.25) is 5.02 Å². The van der Waals surface area contributed by atoms with Gasteiger partial charge < -0.3 is 10.1 Å². The Morgan fingerprint density at radius 1 is 1.40 bits per heavy atom. The van der Waals surface area contributed by atoms with Crippen molar-refractivity contribution in [1.29, 1.82) is 0 Å². The molecule has 1 aliphatic heterocycles. The van der Waals surface area contributed by atoms with Crippen LogP contribution in [0.25, 0.3) is 0 Å². The summed E-state index contributed by atoms with van der Waals surface area (Å²) in [4.78, 5) is 0. The van der Waals surface area contributed by atoms with Crippen LogP contribution in [0.4, 0.5) is 0 Å². The van der Waals surface area contributed by atoms with Gasteiger partial charge in [-0.15, -0.1) is 0 Å². The Bertz CT molecular complexity index is 545. The van der Waals surface area contributed by atoms with Gasteiger partial charge in [-0.05, 0) is 24.6 Å². The van der Waals surface area contributed by atoms with E-state index in [0.717, 1.165) is 13.0 Å². The van der Waals surface area contributed by atoms with Crippen LogP contribution >= 0.6 is 11.6 Å². The van der Waals surface area contributed by atoms with Crippen molar-refractivity contribution in [2.75, 3.05) is 19.8 Å². The van der Waals surface area contributed by atoms with Gasteiger partial charge in [0.05, 0.1) is 12.4 Å². The second-order valence-corrected chi connectivity index (χ2v) is 7.59. The first-order valence-electron chi connectivity index (χ1n) is 6.80. The molecule has 2 unspecified atom stereocenters. The highest BCUT2D eigenvalue weighted by molar-refractivity contribution is 7.91. The molecule has 0 amide bonds. The van der Waals surface area contributed by atoms with Gasteiger partial charge in [-0.1, -0.05) is 36.7 Å². The van der Waals surface area contributed by atoms with Gasteiger partial charge in [-0.3, -0.25) is 0 Å². The van der Waals surface area contributed by atoms with Crippen molar-refractivity contribution in [2.24, 2.45) is 0 Å². The van der Waals surface area contributed by atoms with Crippen molar-refractivity contribution < 1.29 is 13.2 Å². The summed E-state index contributed by atoms with van der Waals surface area (Å²) in [5, 5.41) is 3.24. The third-order valence-corrected chi connectivity index (χ3v) is 6.02. The minimum atomic E-state index is -3.30. The number of halogens is 1. The van der Waals surface area contributed by atoms with E-state index < -0.39 is 15.1 Å². The van der Waals surface area contributed by atoms with Crippen LogP contribution in [0.3, 0.4) is 0 Å². The summed E-state index contributed by atoms with van der Waals surface area (Å²) in [7, 11) is -3.30. The third-order valence-electron chi connectivity index (χ3n) is 3.55. The third kappa shape index (κ3) is 3.73. The van der Waals surface area contributed by atoms with Crippen molar-refractivity contribution in [3.8, 4) is 0 Å². The van der Waals surface area contributed by atoms with E-state index in [-0.39, 0.29) is 18.4 Å². The molecule has 1 N–H and O–H groups in total. The van der Waals surface area contributed by atoms with Crippen molar-refractivity contribution in [3.05, 3.63) is 34.9 Å². The van der Waals surface area contributed by atoms with Crippen molar-refractivity contribution in [2.45, 2.75) is 30.4 Å². The molecule has 2 rings (SSSR count). The average molecular weight is 318 g/mol. The van der Waals surface area contributed by atoms with E-state index in [1.807, 2.05) is 6.92 Å². The normalized spacial score (nSPS) is 23.7. The van der Waals surface area contributed by atoms with Gasteiger partial charge in [-0.2, -0.15) is 0 Å². The number of ether oxygens (including phenoxy) is 1. The SMILES string of the molecule is CCNC1CCOCC1S(=O)(=O)Cc1ccccc1Cl. The topological polar surface area (TPSA) is 55.4 Å². The lowest BCUT2D eigenvalue weighted by Crippen LogP contribution is -2.50. The summed E-state index contributed by atoms with van der Waals surface area (Å²) >= 11 is 6.06. The van der Waals surface area contributed by atoms with E-state index in [0.29, 0.717) is 17.2 Å². The lowest BCUT2D eigenvalue weighted by molar-refractivity contribution is 0.0811. The van der Waals surface area contributed by atoms with Gasteiger partial charge in [0.1, 0.15) is 5.25 Å². The minimum Gasteiger partial charge on any atom is -0.380 e. The summed E-state index contributed by atoms with van der Waals surface area (Å²) in [6, 6.07) is 7.03. The van der Waals surface area contributed by atoms with Crippen LogP contribution in [0, 0.1) is 0 Å². The first-order valence-corrected chi connectivity index (χ1v) is 8.90. The molecule has 2 atom stereocenters. The molecule has 6 heteroatoms. The van der Waals surface area contributed by atoms with Gasteiger partial charge in [0.2, 0.25) is 0 Å². The van der Waals surface area contributed by atoms with Gasteiger partial charge in [0.25, 0.3) is 0 Å². The monoisotopic (exact) mass is 317 g/mol. The summed E-state index contributed by atoms with van der Waals surface area (Å²) in [5.41, 5.74) is 0.648. The zero-order chi connectivity index (χ0) is 14.6. The Labute approximate surface area is 125 Å². The quantitative estimate of drug-likeness (QED) is 0.902. The standard InChI is InChI=1S/C14H20ClNO3S/c1-2-16-13-7-8-19-9-14(13)20(17,18)10-11-5-3-4-6-12(11)15/h3-6,13-14,16H,2,7-10H2,1H3. The van der Waals surface area contributed by atoms with E-state index in [2.05, 4.69) is 5.32 Å². The average Bonchev–Trinajstić information content (AvgIpc) is 2.42. The zero-order valence-corrected chi connectivity index (χ0v) is 13.1. The minimum absolute atomic E-state index is 0.0391. The molecule has 0 radical (unpaired) electrons. The first kappa shape index (κ1) is 15.8. The van der Waals surface area contributed by atoms with Crippen molar-refractivity contribution >= 4 is 21.4 Å². The fourth-order valence-corrected chi connectivity index (χ4v) is 4.72. The Hall–Kier alpha value is -0.620. The molecule has 20 heavy (non-hydrogen) atoms. The van der Waals surface area contributed by atoms with E-state index in [4.69, 9.17) is 16.3 Å². The highest BCUT2D eigenvalue weighted by atomic mass is 35.5. The zero-order valence-electron chi connectivity index (χ0n) is 11.5. The number of nitrogens with one attached hydrogen (secondary N) is 1. The number of rotatable bonds is 5. The van der Waals surface area contributed by atoms with Crippen molar-refractivity contribution in [1.82, 2.24) is 5.32 Å². The molecule has 0 spiro atoms. The van der Waals surface area contributed by atoms with Gasteiger partial charge >= 0.3 is 0 Å². The molecule has 0 bridgehead atoms. The molecule has 0 saturated carbocycles. The number of hydrogen-bond donors (Lipinski definition) is 1. The lowest BCUT2D eigenvalue weighted by Gasteiger charge is -2.31. The number of hydrogen-bond acceptors (Lipinski definition) is 4. The first-order chi connectivity index (χ1) is 9.54. The van der Waals surface area contributed by atoms with E-state index >= 15 is 0 Å². The molecule has 0 aliphatic carbocycles. The molecule has 1 aromatic rings. The Morgan fingerprint density at radius 2 is 2.15 bits per heavy atom. The second-order valence-electron chi connectivity index (χ2n) is 4.96. The van der Waals surface area contributed by atoms with Crippen LogP contribution in [0.5, 0.6) is 0 Å². The molecular formula is C14H20ClNO3S. The molecular weight excluding hydrogens is 298 g/mol. The summed E-state index contributed by atoms with van der Waals surface area (Å²) < 4.78 is 30.6. The van der Waals surface area contributed by atoms with E-state index in [1.54, 1.807) is 24.3 Å². The number of sulfone groups is 1. The predicted molar refractivity (Wildman–Crippen MR) is 80.8 cm³/mol. The lowest BCUT2D eigenvalue weighted by atomic mass is 10.1. The second kappa shape index (κ2) is 6.89. The Balaban J connectivity index is 2.18. The van der Waals surface area contributed by atoms with Crippen LogP contribution in [0.1, 0.15) is 18.9 Å². The largest absolute Gasteiger partial charge is 0.380 e.